The van der Waals surface area contributed by atoms with E-state index in [4.69, 9.17) is 23.2 Å². The first-order valence-corrected chi connectivity index (χ1v) is 8.92. The summed E-state index contributed by atoms with van der Waals surface area (Å²) in [6, 6.07) is 17.5. The minimum Gasteiger partial charge on any atom is -0.769 e. The van der Waals surface area contributed by atoms with Crippen LogP contribution in [0.15, 0.2) is 71.8 Å². The predicted octanol–water partition coefficient (Wildman–Crippen LogP) is 5.24. The summed E-state index contributed by atoms with van der Waals surface area (Å²) in [5.74, 6) is 0. The Morgan fingerprint density at radius 2 is 1.34 bits per heavy atom. The molecule has 0 unspecified atom stereocenters. The highest BCUT2D eigenvalue weighted by Crippen LogP contribution is 2.29. The van der Waals surface area contributed by atoms with Gasteiger partial charge in [-0.25, -0.2) is 0 Å². The third-order valence-electron chi connectivity index (χ3n) is 3.93. The van der Waals surface area contributed by atoms with Gasteiger partial charge in [-0.15, -0.1) is 5.23 Å². The minimum atomic E-state index is -0.646. The fraction of sp³-hybridized carbons (Fsp3) is 0. The molecule has 8 nitrogen and oxygen atoms in total. The van der Waals surface area contributed by atoms with Crippen LogP contribution in [-0.4, -0.2) is 16.1 Å². The average Bonchev–Trinajstić information content (AvgIpc) is 2.70. The molecule has 0 atom stereocenters. The lowest BCUT2D eigenvalue weighted by Crippen LogP contribution is -2.15. The lowest BCUT2D eigenvalue weighted by atomic mass is 10.0. The summed E-state index contributed by atoms with van der Waals surface area (Å²) in [7, 11) is 0. The first kappa shape index (κ1) is 20.9. The molecule has 0 saturated carbocycles. The van der Waals surface area contributed by atoms with Crippen LogP contribution in [0.2, 0.25) is 10.0 Å². The van der Waals surface area contributed by atoms with Gasteiger partial charge in [-0.3, -0.25) is 15.8 Å². The van der Waals surface area contributed by atoms with Gasteiger partial charge >= 0.3 is 0 Å². The van der Waals surface area contributed by atoms with Crippen LogP contribution in [-0.2, 0) is 0 Å². The Morgan fingerprint density at radius 3 is 1.79 bits per heavy atom. The van der Waals surface area contributed by atoms with Crippen molar-refractivity contribution >= 4 is 46.0 Å². The molecule has 10 heteroatoms. The molecule has 0 aromatic heterocycles. The number of rotatable bonds is 6. The molecule has 0 bridgehead atoms. The summed E-state index contributed by atoms with van der Waals surface area (Å²) < 4.78 is 0. The van der Waals surface area contributed by atoms with Crippen molar-refractivity contribution in [3.05, 3.63) is 98.3 Å². The number of anilines is 3. The molecule has 0 fully saturated rings. The molecule has 3 aromatic rings. The third-order valence-corrected chi connectivity index (χ3v) is 4.44. The number of hydrogen-bond donors (Lipinski definition) is 3. The summed E-state index contributed by atoms with van der Waals surface area (Å²) in [6.07, 6.45) is 0. The molecule has 3 N–H and O–H groups in total. The Morgan fingerprint density at radius 1 is 0.828 bits per heavy atom. The van der Waals surface area contributed by atoms with Crippen molar-refractivity contribution in [3.8, 4) is 0 Å². The van der Waals surface area contributed by atoms with Gasteiger partial charge in [-0.2, -0.15) is 5.10 Å². The summed E-state index contributed by atoms with van der Waals surface area (Å²) >= 11 is 11.9. The second-order valence-corrected chi connectivity index (χ2v) is 6.71. The van der Waals surface area contributed by atoms with E-state index in [2.05, 4.69) is 10.5 Å². The smallest absolute Gasteiger partial charge is 0.121 e. The van der Waals surface area contributed by atoms with Crippen LogP contribution in [0.1, 0.15) is 11.1 Å². The Bertz CT molecular complexity index is 962. The van der Waals surface area contributed by atoms with E-state index >= 15 is 0 Å². The van der Waals surface area contributed by atoms with Crippen LogP contribution < -0.4 is 15.9 Å². The van der Waals surface area contributed by atoms with E-state index in [-0.39, 0.29) is 22.3 Å². The van der Waals surface area contributed by atoms with Gasteiger partial charge < -0.3 is 15.6 Å². The molecule has 0 heterocycles. The summed E-state index contributed by atoms with van der Waals surface area (Å²) in [5, 5.41) is 45.3. The van der Waals surface area contributed by atoms with Crippen molar-refractivity contribution in [3.63, 3.8) is 0 Å². The Balaban J connectivity index is 2.03. The minimum absolute atomic E-state index is 0.140. The maximum absolute atomic E-state index is 10.9. The number of nitrogens with one attached hydrogen (secondary N) is 1. The first-order valence-electron chi connectivity index (χ1n) is 8.17. The normalized spacial score (nSPS) is 10.4. The molecule has 0 radical (unpaired) electrons. The van der Waals surface area contributed by atoms with Gasteiger partial charge in [0.15, 0.2) is 0 Å². The Labute approximate surface area is 175 Å². The van der Waals surface area contributed by atoms with Gasteiger partial charge in [0, 0.05) is 26.9 Å². The SMILES string of the molecule is [O-]N([O-])c1ccc(NN=C(c2ccc(Cl)cc2)c2ccc(Cl)cc2)c(N(O)O)c1. The van der Waals surface area contributed by atoms with Crippen LogP contribution in [0.3, 0.4) is 0 Å². The largest absolute Gasteiger partial charge is 0.769 e. The van der Waals surface area contributed by atoms with Gasteiger partial charge in [0.2, 0.25) is 0 Å². The maximum atomic E-state index is 10.9. The van der Waals surface area contributed by atoms with E-state index in [0.29, 0.717) is 15.8 Å². The van der Waals surface area contributed by atoms with E-state index in [1.54, 1.807) is 48.5 Å². The topological polar surface area (TPSA) is 117 Å². The second-order valence-electron chi connectivity index (χ2n) is 5.83. The van der Waals surface area contributed by atoms with Crippen molar-refractivity contribution in [2.45, 2.75) is 0 Å². The predicted molar refractivity (Wildman–Crippen MR) is 114 cm³/mol. The standard InChI is InChI=1S/C19H14Cl2N4O4/c20-14-5-1-12(2-6-14)19(13-3-7-15(21)8-4-13)23-22-17-10-9-16(24(26)27)11-18(17)25(28)29/h1-11,22,28-29H/q-2. The molecule has 0 amide bonds. The average molecular weight is 433 g/mol. The molecule has 0 aliphatic carbocycles. The van der Waals surface area contributed by atoms with E-state index in [0.717, 1.165) is 17.2 Å². The summed E-state index contributed by atoms with van der Waals surface area (Å²) in [4.78, 5) is 0. The van der Waals surface area contributed by atoms with Crippen LogP contribution in [0.5, 0.6) is 0 Å². The lowest BCUT2D eigenvalue weighted by molar-refractivity contribution is 0.0295. The number of benzene rings is 3. The van der Waals surface area contributed by atoms with Crippen molar-refractivity contribution in [2.75, 3.05) is 15.9 Å². The monoisotopic (exact) mass is 432 g/mol. The van der Waals surface area contributed by atoms with Crippen LogP contribution in [0.25, 0.3) is 0 Å². The van der Waals surface area contributed by atoms with Crippen molar-refractivity contribution in [1.82, 2.24) is 0 Å². The molecule has 0 saturated heterocycles. The van der Waals surface area contributed by atoms with Crippen LogP contribution >= 0.6 is 23.2 Å². The zero-order valence-corrected chi connectivity index (χ0v) is 16.2. The molecule has 150 valence electrons. The van der Waals surface area contributed by atoms with Gasteiger partial charge in [-0.1, -0.05) is 47.5 Å². The lowest BCUT2D eigenvalue weighted by Gasteiger charge is -2.37. The van der Waals surface area contributed by atoms with E-state index in [1.165, 1.54) is 12.1 Å². The van der Waals surface area contributed by atoms with Gasteiger partial charge in [-0.05, 0) is 42.5 Å². The molecular formula is C19H14Cl2N4O4-2. The zero-order valence-electron chi connectivity index (χ0n) is 14.7. The summed E-state index contributed by atoms with van der Waals surface area (Å²) in [5.41, 5.74) is 4.30. The molecule has 3 rings (SSSR count). The fourth-order valence-electron chi connectivity index (χ4n) is 2.52. The van der Waals surface area contributed by atoms with Gasteiger partial charge in [0.25, 0.3) is 0 Å². The second kappa shape index (κ2) is 9.10. The van der Waals surface area contributed by atoms with Crippen molar-refractivity contribution < 1.29 is 10.4 Å². The molecular weight excluding hydrogens is 419 g/mol. The highest BCUT2D eigenvalue weighted by molar-refractivity contribution is 6.31. The van der Waals surface area contributed by atoms with Crippen molar-refractivity contribution in [1.29, 1.82) is 0 Å². The van der Waals surface area contributed by atoms with E-state index in [1.807, 2.05) is 0 Å². The fourth-order valence-corrected chi connectivity index (χ4v) is 2.77. The zero-order chi connectivity index (χ0) is 21.0. The highest BCUT2D eigenvalue weighted by Gasteiger charge is 2.11. The third kappa shape index (κ3) is 5.15. The molecule has 0 aliphatic heterocycles. The van der Waals surface area contributed by atoms with E-state index in [9.17, 15) is 20.8 Å². The van der Waals surface area contributed by atoms with Gasteiger partial charge in [0.1, 0.15) is 5.69 Å². The van der Waals surface area contributed by atoms with E-state index < -0.39 is 5.23 Å². The molecule has 0 aliphatic rings. The molecule has 29 heavy (non-hydrogen) atoms. The quantitative estimate of drug-likeness (QED) is 0.359. The first-order chi connectivity index (χ1) is 13.8. The van der Waals surface area contributed by atoms with Crippen LogP contribution in [0, 0.1) is 10.4 Å². The number of halogens is 2. The molecule has 3 aromatic carbocycles. The van der Waals surface area contributed by atoms with Crippen LogP contribution in [0.4, 0.5) is 17.1 Å². The Kier molecular flexibility index (Phi) is 6.55. The number of nitrogens with zero attached hydrogens (tertiary/aromatic N) is 3. The summed E-state index contributed by atoms with van der Waals surface area (Å²) in [6.45, 7) is 0. The van der Waals surface area contributed by atoms with Crippen molar-refractivity contribution in [2.24, 2.45) is 5.10 Å². The van der Waals surface area contributed by atoms with Gasteiger partial charge in [0.05, 0.1) is 11.4 Å². The Hall–Kier alpha value is -2.85. The highest BCUT2D eigenvalue weighted by atomic mass is 35.5. The number of hydrazone groups is 1. The maximum Gasteiger partial charge on any atom is 0.121 e. The molecule has 0 spiro atoms. The number of hydrogen-bond acceptors (Lipinski definition) is 8.